The first-order valence-corrected chi connectivity index (χ1v) is 4.35. The molecule has 0 aliphatic heterocycles. The zero-order valence-corrected chi connectivity index (χ0v) is 8.53. The van der Waals surface area contributed by atoms with E-state index in [2.05, 4.69) is 16.6 Å². The first kappa shape index (κ1) is 11.0. The van der Waals surface area contributed by atoms with Crippen molar-refractivity contribution in [2.24, 2.45) is 0 Å². The minimum absolute atomic E-state index is 0.0789. The number of ether oxygens (including phenoxy) is 1. The number of rotatable bonds is 1. The summed E-state index contributed by atoms with van der Waals surface area (Å²) in [6.07, 6.45) is 0. The van der Waals surface area contributed by atoms with E-state index in [0.717, 1.165) is 0 Å². The zero-order valence-electron chi connectivity index (χ0n) is 8.53. The van der Waals surface area contributed by atoms with Gasteiger partial charge in [0.05, 0.1) is 7.11 Å². The molecule has 3 nitrogen and oxygen atoms in total. The van der Waals surface area contributed by atoms with Gasteiger partial charge in [-0.1, -0.05) is 24.1 Å². The molecule has 3 heteroatoms. The summed E-state index contributed by atoms with van der Waals surface area (Å²) in [4.78, 5) is 22.0. The maximum atomic E-state index is 11.2. The molecule has 0 aromatic heterocycles. The van der Waals surface area contributed by atoms with Crippen molar-refractivity contribution in [3.05, 3.63) is 35.4 Å². The number of ketones is 1. The van der Waals surface area contributed by atoms with Crippen molar-refractivity contribution in [2.45, 2.75) is 6.92 Å². The van der Waals surface area contributed by atoms with Crippen LogP contribution in [0.5, 0.6) is 0 Å². The van der Waals surface area contributed by atoms with E-state index >= 15 is 0 Å². The molecule has 0 bridgehead atoms. The fourth-order valence-electron chi connectivity index (χ4n) is 1.07. The molecule has 0 spiro atoms. The summed E-state index contributed by atoms with van der Waals surface area (Å²) >= 11 is 0. The van der Waals surface area contributed by atoms with Crippen LogP contribution in [0.4, 0.5) is 0 Å². The second-order valence-electron chi connectivity index (χ2n) is 2.84. The molecule has 1 aromatic rings. The number of carbonyl (C=O) groups excluding carboxylic acids is 2. The average molecular weight is 202 g/mol. The van der Waals surface area contributed by atoms with Crippen molar-refractivity contribution in [1.29, 1.82) is 0 Å². The van der Waals surface area contributed by atoms with Crippen LogP contribution in [-0.4, -0.2) is 18.9 Å². The Morgan fingerprint density at radius 3 is 2.53 bits per heavy atom. The van der Waals surface area contributed by atoms with Crippen LogP contribution >= 0.6 is 0 Å². The summed E-state index contributed by atoms with van der Waals surface area (Å²) in [5.74, 6) is 4.18. The van der Waals surface area contributed by atoms with Gasteiger partial charge in [0.2, 0.25) is 0 Å². The van der Waals surface area contributed by atoms with Gasteiger partial charge in [-0.05, 0) is 13.0 Å². The molecule has 0 heterocycles. The number of Topliss-reactive ketones (excluding diaryl/α,β-unsaturated/α-hetero) is 1. The number of hydrogen-bond acceptors (Lipinski definition) is 3. The Morgan fingerprint density at radius 2 is 1.93 bits per heavy atom. The largest absolute Gasteiger partial charge is 0.459 e. The molecular weight excluding hydrogens is 192 g/mol. The van der Waals surface area contributed by atoms with Crippen molar-refractivity contribution in [1.82, 2.24) is 0 Å². The summed E-state index contributed by atoms with van der Waals surface area (Å²) in [6, 6.07) is 6.87. The first-order chi connectivity index (χ1) is 7.15. The molecule has 0 aliphatic carbocycles. The third kappa shape index (κ3) is 2.96. The molecule has 1 aromatic carbocycles. The van der Waals surface area contributed by atoms with Crippen LogP contribution in [0.25, 0.3) is 0 Å². The van der Waals surface area contributed by atoms with Crippen LogP contribution in [0.3, 0.4) is 0 Å². The Labute approximate surface area is 88.1 Å². The van der Waals surface area contributed by atoms with Crippen LogP contribution in [-0.2, 0) is 9.53 Å². The smallest absolute Gasteiger partial charge is 0.384 e. The van der Waals surface area contributed by atoms with Crippen LogP contribution in [0, 0.1) is 11.8 Å². The van der Waals surface area contributed by atoms with Gasteiger partial charge >= 0.3 is 5.97 Å². The van der Waals surface area contributed by atoms with Crippen molar-refractivity contribution in [3.8, 4) is 11.8 Å². The molecule has 0 aliphatic rings. The minimum atomic E-state index is -0.617. The lowest BCUT2D eigenvalue weighted by molar-refractivity contribution is -0.133. The third-order valence-corrected chi connectivity index (χ3v) is 1.79. The molecule has 1 rings (SSSR count). The highest BCUT2D eigenvalue weighted by Crippen LogP contribution is 2.07. The molecule has 0 atom stereocenters. The Bertz CT molecular complexity index is 449. The van der Waals surface area contributed by atoms with Gasteiger partial charge in [-0.25, -0.2) is 4.79 Å². The van der Waals surface area contributed by atoms with Gasteiger partial charge < -0.3 is 4.74 Å². The predicted octanol–water partition coefficient (Wildman–Crippen LogP) is 1.41. The standard InChI is InChI=1S/C12H10O3/c1-9(13)11-6-4-3-5-10(11)7-8-12(14)15-2/h3-6H,1-2H3. The maximum absolute atomic E-state index is 11.2. The Balaban J connectivity index is 3.08. The lowest BCUT2D eigenvalue weighted by Gasteiger charge is -1.97. The lowest BCUT2D eigenvalue weighted by atomic mass is 10.1. The normalized spacial score (nSPS) is 8.67. The summed E-state index contributed by atoms with van der Waals surface area (Å²) in [6.45, 7) is 1.46. The van der Waals surface area contributed by atoms with Crippen LogP contribution < -0.4 is 0 Å². The first-order valence-electron chi connectivity index (χ1n) is 4.35. The molecule has 0 saturated carbocycles. The fraction of sp³-hybridized carbons (Fsp3) is 0.167. The molecule has 0 unspecified atom stereocenters. The third-order valence-electron chi connectivity index (χ3n) is 1.79. The average Bonchev–Trinajstić information content (AvgIpc) is 2.26. The van der Waals surface area contributed by atoms with E-state index in [0.29, 0.717) is 11.1 Å². The Hall–Kier alpha value is -2.08. The van der Waals surface area contributed by atoms with Gasteiger partial charge in [0.15, 0.2) is 5.78 Å². The monoisotopic (exact) mass is 202 g/mol. The fourth-order valence-corrected chi connectivity index (χ4v) is 1.07. The number of benzene rings is 1. The molecule has 76 valence electrons. The summed E-state index contributed by atoms with van der Waals surface area (Å²) in [5.41, 5.74) is 1.05. The molecule has 0 radical (unpaired) electrons. The van der Waals surface area contributed by atoms with Crippen molar-refractivity contribution >= 4 is 11.8 Å². The van der Waals surface area contributed by atoms with Gasteiger partial charge in [-0.15, -0.1) is 0 Å². The van der Waals surface area contributed by atoms with Gasteiger partial charge in [0.1, 0.15) is 0 Å². The quantitative estimate of drug-likeness (QED) is 0.393. The Kier molecular flexibility index (Phi) is 3.64. The van der Waals surface area contributed by atoms with E-state index < -0.39 is 5.97 Å². The number of hydrogen-bond donors (Lipinski definition) is 0. The van der Waals surface area contributed by atoms with Crippen LogP contribution in [0.1, 0.15) is 22.8 Å². The second-order valence-corrected chi connectivity index (χ2v) is 2.84. The molecule has 0 amide bonds. The summed E-state index contributed by atoms with van der Waals surface area (Å²) in [7, 11) is 1.26. The second kappa shape index (κ2) is 4.97. The van der Waals surface area contributed by atoms with Gasteiger partial charge in [-0.2, -0.15) is 0 Å². The van der Waals surface area contributed by atoms with Gasteiger partial charge in [0.25, 0.3) is 0 Å². The number of esters is 1. The van der Waals surface area contributed by atoms with E-state index in [4.69, 9.17) is 0 Å². The summed E-state index contributed by atoms with van der Waals surface area (Å²) < 4.78 is 4.37. The van der Waals surface area contributed by atoms with E-state index in [1.807, 2.05) is 0 Å². The zero-order chi connectivity index (χ0) is 11.3. The van der Waals surface area contributed by atoms with Crippen LogP contribution in [0.2, 0.25) is 0 Å². The number of methoxy groups -OCH3 is 1. The number of carbonyl (C=O) groups is 2. The molecule has 0 N–H and O–H groups in total. The highest BCUT2D eigenvalue weighted by atomic mass is 16.5. The van der Waals surface area contributed by atoms with E-state index in [9.17, 15) is 9.59 Å². The van der Waals surface area contributed by atoms with Crippen molar-refractivity contribution in [3.63, 3.8) is 0 Å². The van der Waals surface area contributed by atoms with E-state index in [1.165, 1.54) is 14.0 Å². The van der Waals surface area contributed by atoms with Crippen molar-refractivity contribution < 1.29 is 14.3 Å². The van der Waals surface area contributed by atoms with E-state index in [1.54, 1.807) is 24.3 Å². The highest BCUT2D eigenvalue weighted by molar-refractivity contribution is 5.97. The van der Waals surface area contributed by atoms with Gasteiger partial charge in [0, 0.05) is 17.0 Å². The maximum Gasteiger partial charge on any atom is 0.384 e. The SMILES string of the molecule is COC(=O)C#Cc1ccccc1C(C)=O. The van der Waals surface area contributed by atoms with Crippen molar-refractivity contribution in [2.75, 3.05) is 7.11 Å². The lowest BCUT2D eigenvalue weighted by Crippen LogP contribution is -1.98. The van der Waals surface area contributed by atoms with E-state index in [-0.39, 0.29) is 5.78 Å². The highest BCUT2D eigenvalue weighted by Gasteiger charge is 2.03. The topological polar surface area (TPSA) is 43.4 Å². The predicted molar refractivity (Wildman–Crippen MR) is 55.3 cm³/mol. The Morgan fingerprint density at radius 1 is 1.27 bits per heavy atom. The van der Waals surface area contributed by atoms with Crippen LogP contribution in [0.15, 0.2) is 24.3 Å². The molecule has 0 fully saturated rings. The van der Waals surface area contributed by atoms with Gasteiger partial charge in [-0.3, -0.25) is 4.79 Å². The molecule has 15 heavy (non-hydrogen) atoms. The molecular formula is C12H10O3. The summed E-state index contributed by atoms with van der Waals surface area (Å²) in [5, 5.41) is 0. The molecule has 0 saturated heterocycles. The minimum Gasteiger partial charge on any atom is -0.459 e.